The number of hydrogen-bond acceptors (Lipinski definition) is 4. The van der Waals surface area contributed by atoms with Gasteiger partial charge in [-0.3, -0.25) is 0 Å². The average Bonchev–Trinajstić information content (AvgIpc) is 2.41. The van der Waals surface area contributed by atoms with Gasteiger partial charge in [0.2, 0.25) is 0 Å². The highest BCUT2D eigenvalue weighted by atomic mass is 15.2. The Morgan fingerprint density at radius 1 is 1.53 bits per heavy atom. The van der Waals surface area contributed by atoms with Gasteiger partial charge in [0.05, 0.1) is 12.5 Å². The first-order chi connectivity index (χ1) is 9.11. The number of piperidine rings is 1. The van der Waals surface area contributed by atoms with E-state index in [-0.39, 0.29) is 0 Å². The third kappa shape index (κ3) is 3.18. The van der Waals surface area contributed by atoms with Crippen LogP contribution in [0.1, 0.15) is 18.4 Å². The van der Waals surface area contributed by atoms with Crippen LogP contribution in [0.3, 0.4) is 0 Å². The Balaban J connectivity index is 2.16. The predicted molar refractivity (Wildman–Crippen MR) is 79.1 cm³/mol. The molecule has 19 heavy (non-hydrogen) atoms. The minimum absolute atomic E-state index is 0.373. The fourth-order valence-electron chi connectivity index (χ4n) is 2.72. The Morgan fingerprint density at radius 2 is 2.32 bits per heavy atom. The van der Waals surface area contributed by atoms with Gasteiger partial charge < -0.3 is 15.5 Å². The molecule has 0 amide bonds. The van der Waals surface area contributed by atoms with E-state index < -0.39 is 0 Å². The molecule has 0 bridgehead atoms. The molecular formula is C15H22N4. The molecule has 2 rings (SSSR count). The van der Waals surface area contributed by atoms with Gasteiger partial charge in [0.25, 0.3) is 0 Å². The van der Waals surface area contributed by atoms with E-state index in [9.17, 15) is 0 Å². The number of likely N-dealkylation sites (tertiary alicyclic amines) is 1. The number of hydrogen-bond donors (Lipinski definition) is 1. The molecule has 0 saturated carbocycles. The van der Waals surface area contributed by atoms with Crippen molar-refractivity contribution in [2.24, 2.45) is 0 Å². The molecule has 1 aliphatic heterocycles. The second-order valence-corrected chi connectivity index (χ2v) is 5.39. The quantitative estimate of drug-likeness (QED) is 0.841. The van der Waals surface area contributed by atoms with Crippen LogP contribution in [0.4, 0.5) is 11.4 Å². The van der Waals surface area contributed by atoms with Gasteiger partial charge in [-0.2, -0.15) is 5.26 Å². The molecule has 102 valence electrons. The minimum Gasteiger partial charge on any atom is -0.398 e. The lowest BCUT2D eigenvalue weighted by Crippen LogP contribution is -2.45. The van der Waals surface area contributed by atoms with Crippen LogP contribution in [0, 0.1) is 11.3 Å². The van der Waals surface area contributed by atoms with Crippen LogP contribution >= 0.6 is 0 Å². The highest BCUT2D eigenvalue weighted by molar-refractivity contribution is 5.59. The summed E-state index contributed by atoms with van der Waals surface area (Å²) in [6, 6.07) is 8.71. The fraction of sp³-hybridized carbons (Fsp3) is 0.533. The van der Waals surface area contributed by atoms with E-state index in [1.165, 1.54) is 19.4 Å². The molecule has 0 aromatic heterocycles. The lowest BCUT2D eigenvalue weighted by Gasteiger charge is -2.37. The first-order valence-corrected chi connectivity index (χ1v) is 6.78. The number of likely N-dealkylation sites (N-methyl/N-ethyl adjacent to an activating group) is 2. The Labute approximate surface area is 115 Å². The van der Waals surface area contributed by atoms with Crippen LogP contribution < -0.4 is 10.6 Å². The van der Waals surface area contributed by atoms with E-state index in [2.05, 4.69) is 30.0 Å². The van der Waals surface area contributed by atoms with E-state index in [1.807, 2.05) is 18.2 Å². The molecule has 1 heterocycles. The number of rotatable bonds is 3. The Kier molecular flexibility index (Phi) is 4.28. The van der Waals surface area contributed by atoms with Crippen LogP contribution in [-0.2, 0) is 6.42 Å². The molecule has 0 spiro atoms. The predicted octanol–water partition coefficient (Wildman–Crippen LogP) is 1.87. The molecule has 1 saturated heterocycles. The first-order valence-electron chi connectivity index (χ1n) is 6.78. The Morgan fingerprint density at radius 3 is 3.00 bits per heavy atom. The number of nitrogen functional groups attached to an aromatic ring is 1. The van der Waals surface area contributed by atoms with Gasteiger partial charge in [-0.15, -0.1) is 0 Å². The van der Waals surface area contributed by atoms with Crippen LogP contribution in [0.5, 0.6) is 0 Å². The summed E-state index contributed by atoms with van der Waals surface area (Å²) in [7, 11) is 4.30. The summed E-state index contributed by atoms with van der Waals surface area (Å²) in [5.41, 5.74) is 8.69. The van der Waals surface area contributed by atoms with Crippen LogP contribution in [0.25, 0.3) is 0 Å². The van der Waals surface area contributed by atoms with Crippen molar-refractivity contribution in [3.05, 3.63) is 23.8 Å². The molecule has 1 aromatic carbocycles. The maximum atomic E-state index is 8.83. The largest absolute Gasteiger partial charge is 0.398 e. The molecule has 1 fully saturated rings. The molecule has 0 radical (unpaired) electrons. The molecule has 4 heteroatoms. The second kappa shape index (κ2) is 5.94. The smallest absolute Gasteiger partial charge is 0.0670 e. The lowest BCUT2D eigenvalue weighted by atomic mass is 10.0. The number of nitrogens with zero attached hydrogens (tertiary/aromatic N) is 3. The van der Waals surface area contributed by atoms with Crippen molar-refractivity contribution in [2.75, 3.05) is 37.8 Å². The fourth-order valence-corrected chi connectivity index (χ4v) is 2.72. The van der Waals surface area contributed by atoms with Gasteiger partial charge >= 0.3 is 0 Å². The zero-order chi connectivity index (χ0) is 13.8. The second-order valence-electron chi connectivity index (χ2n) is 5.39. The summed E-state index contributed by atoms with van der Waals surface area (Å²) in [6.45, 7) is 2.28. The number of benzene rings is 1. The molecule has 0 aliphatic carbocycles. The maximum absolute atomic E-state index is 8.83. The molecule has 4 nitrogen and oxygen atoms in total. The first kappa shape index (κ1) is 13.7. The minimum atomic E-state index is 0.373. The molecule has 1 aliphatic rings. The summed E-state index contributed by atoms with van der Waals surface area (Å²) in [5.74, 6) is 0. The van der Waals surface area contributed by atoms with E-state index >= 15 is 0 Å². The lowest BCUT2D eigenvalue weighted by molar-refractivity contribution is 0.248. The molecule has 1 unspecified atom stereocenters. The monoisotopic (exact) mass is 258 g/mol. The van der Waals surface area contributed by atoms with Gasteiger partial charge in [0.1, 0.15) is 0 Å². The van der Waals surface area contributed by atoms with Gasteiger partial charge in [-0.1, -0.05) is 0 Å². The van der Waals surface area contributed by atoms with E-state index in [4.69, 9.17) is 11.0 Å². The van der Waals surface area contributed by atoms with Crippen molar-refractivity contribution in [1.82, 2.24) is 4.90 Å². The number of nitriles is 1. The summed E-state index contributed by atoms with van der Waals surface area (Å²) in [4.78, 5) is 4.69. The third-order valence-electron chi connectivity index (χ3n) is 3.95. The SMILES string of the molecule is CN1CCCC(N(C)c2ccc(N)c(CC#N)c2)C1. The van der Waals surface area contributed by atoms with E-state index in [0.717, 1.165) is 17.8 Å². The van der Waals surface area contributed by atoms with E-state index in [0.29, 0.717) is 18.2 Å². The zero-order valence-electron chi connectivity index (χ0n) is 11.8. The summed E-state index contributed by atoms with van der Waals surface area (Å²) in [6.07, 6.45) is 2.84. The zero-order valence-corrected chi connectivity index (χ0v) is 11.8. The highest BCUT2D eigenvalue weighted by Crippen LogP contribution is 2.25. The molecule has 1 aromatic rings. The van der Waals surface area contributed by atoms with Crippen molar-refractivity contribution < 1.29 is 0 Å². The van der Waals surface area contributed by atoms with Crippen LogP contribution in [0.15, 0.2) is 18.2 Å². The van der Waals surface area contributed by atoms with Crippen molar-refractivity contribution >= 4 is 11.4 Å². The van der Waals surface area contributed by atoms with Crippen molar-refractivity contribution in [1.29, 1.82) is 5.26 Å². The van der Waals surface area contributed by atoms with Gasteiger partial charge in [0.15, 0.2) is 0 Å². The van der Waals surface area contributed by atoms with Crippen molar-refractivity contribution in [2.45, 2.75) is 25.3 Å². The average molecular weight is 258 g/mol. The summed E-state index contributed by atoms with van der Waals surface area (Å²) in [5, 5.41) is 8.83. The normalized spacial score (nSPS) is 19.9. The van der Waals surface area contributed by atoms with Gasteiger partial charge in [-0.25, -0.2) is 0 Å². The number of nitrogens with two attached hydrogens (primary N) is 1. The van der Waals surface area contributed by atoms with Gasteiger partial charge in [0, 0.05) is 31.0 Å². The molecule has 2 N–H and O–H groups in total. The van der Waals surface area contributed by atoms with E-state index in [1.54, 1.807) is 0 Å². The highest BCUT2D eigenvalue weighted by Gasteiger charge is 2.21. The third-order valence-corrected chi connectivity index (χ3v) is 3.95. The van der Waals surface area contributed by atoms with Gasteiger partial charge in [-0.05, 0) is 50.2 Å². The Hall–Kier alpha value is -1.73. The maximum Gasteiger partial charge on any atom is 0.0670 e. The standard InChI is InChI=1S/C15H22N4/c1-18-9-3-4-14(11-18)19(2)13-5-6-15(17)12(10-13)7-8-16/h5-6,10,14H,3-4,7,9,11,17H2,1-2H3. The van der Waals surface area contributed by atoms with Crippen LogP contribution in [-0.4, -0.2) is 38.1 Å². The van der Waals surface area contributed by atoms with Crippen molar-refractivity contribution in [3.63, 3.8) is 0 Å². The number of anilines is 2. The topological polar surface area (TPSA) is 56.3 Å². The summed E-state index contributed by atoms with van der Waals surface area (Å²) < 4.78 is 0. The van der Waals surface area contributed by atoms with Crippen LogP contribution in [0.2, 0.25) is 0 Å². The molecular weight excluding hydrogens is 236 g/mol. The Bertz CT molecular complexity index is 478. The van der Waals surface area contributed by atoms with Crippen molar-refractivity contribution in [3.8, 4) is 6.07 Å². The summed E-state index contributed by atoms with van der Waals surface area (Å²) >= 11 is 0. The molecule has 1 atom stereocenters.